The monoisotopic (exact) mass is 576 g/mol. The Balaban J connectivity index is 1.07. The molecule has 2 aromatic rings. The van der Waals surface area contributed by atoms with Gasteiger partial charge in [0.15, 0.2) is 11.6 Å². The molecule has 0 aliphatic heterocycles. The predicted molar refractivity (Wildman–Crippen MR) is 161 cm³/mol. The third kappa shape index (κ3) is 5.53. The maximum Gasteiger partial charge on any atom is 0.514 e. The van der Waals surface area contributed by atoms with E-state index in [4.69, 9.17) is 9.47 Å². The van der Waals surface area contributed by atoms with Crippen molar-refractivity contribution < 1.29 is 23.0 Å². The molecular formula is C37H46F2O3. The fraction of sp³-hybridized carbons (Fsp3) is 0.595. The van der Waals surface area contributed by atoms with Crippen molar-refractivity contribution in [2.24, 2.45) is 40.4 Å². The van der Waals surface area contributed by atoms with E-state index < -0.39 is 17.8 Å². The van der Waals surface area contributed by atoms with Crippen LogP contribution in [0.2, 0.25) is 0 Å². The van der Waals surface area contributed by atoms with Gasteiger partial charge in [-0.1, -0.05) is 69.2 Å². The van der Waals surface area contributed by atoms with Crippen LogP contribution in [0, 0.1) is 52.1 Å². The molecule has 0 N–H and O–H groups in total. The molecular weight excluding hydrogens is 530 g/mol. The number of carbonyl (C=O) groups is 1. The molecule has 3 saturated carbocycles. The number of hydrogen-bond donors (Lipinski definition) is 0. The highest BCUT2D eigenvalue weighted by Crippen LogP contribution is 2.67. The molecule has 0 aromatic heterocycles. The first-order valence-electron chi connectivity index (χ1n) is 16.2. The summed E-state index contributed by atoms with van der Waals surface area (Å²) in [4.78, 5) is 12.4. The van der Waals surface area contributed by atoms with E-state index in [1.165, 1.54) is 62.1 Å². The third-order valence-corrected chi connectivity index (χ3v) is 12.1. The van der Waals surface area contributed by atoms with Gasteiger partial charge >= 0.3 is 6.16 Å². The van der Waals surface area contributed by atoms with Gasteiger partial charge in [0.1, 0.15) is 11.9 Å². The second-order valence-electron chi connectivity index (χ2n) is 14.3. The zero-order valence-corrected chi connectivity index (χ0v) is 25.4. The minimum absolute atomic E-state index is 0.0510. The van der Waals surface area contributed by atoms with Gasteiger partial charge in [0.2, 0.25) is 0 Å². The number of allylic oxidation sites excluding steroid dienone is 1. The van der Waals surface area contributed by atoms with Gasteiger partial charge in [0.25, 0.3) is 0 Å². The molecule has 0 saturated heterocycles. The summed E-state index contributed by atoms with van der Waals surface area (Å²) in [5.41, 5.74) is 3.50. The summed E-state index contributed by atoms with van der Waals surface area (Å²) in [6.07, 6.45) is 14.2. The predicted octanol–water partition coefficient (Wildman–Crippen LogP) is 10.1. The topological polar surface area (TPSA) is 35.5 Å². The van der Waals surface area contributed by atoms with Crippen LogP contribution in [-0.4, -0.2) is 12.3 Å². The fourth-order valence-corrected chi connectivity index (χ4v) is 9.97. The highest BCUT2D eigenvalue weighted by Gasteiger charge is 2.59. The number of rotatable bonds is 7. The van der Waals surface area contributed by atoms with Gasteiger partial charge in [-0.25, -0.2) is 13.6 Å². The molecule has 0 spiro atoms. The molecule has 226 valence electrons. The number of halogens is 2. The number of aryl methyl sites for hydroxylation is 1. The Kier molecular flexibility index (Phi) is 8.24. The van der Waals surface area contributed by atoms with Gasteiger partial charge in [0, 0.05) is 12.5 Å². The summed E-state index contributed by atoms with van der Waals surface area (Å²) in [5, 5.41) is 0. The number of carbonyl (C=O) groups excluding carboxylic acids is 1. The first kappa shape index (κ1) is 29.4. The molecule has 6 rings (SSSR count). The summed E-state index contributed by atoms with van der Waals surface area (Å²) >= 11 is 0. The van der Waals surface area contributed by atoms with Crippen LogP contribution in [0.4, 0.5) is 13.6 Å². The van der Waals surface area contributed by atoms with Crippen molar-refractivity contribution in [2.75, 3.05) is 0 Å². The van der Waals surface area contributed by atoms with Crippen LogP contribution in [0.25, 0.3) is 0 Å². The fourth-order valence-electron chi connectivity index (χ4n) is 9.97. The first-order chi connectivity index (χ1) is 20.2. The van der Waals surface area contributed by atoms with Crippen molar-refractivity contribution in [3.05, 3.63) is 77.4 Å². The van der Waals surface area contributed by atoms with Gasteiger partial charge in [-0.05, 0) is 116 Å². The Morgan fingerprint density at radius 2 is 1.79 bits per heavy atom. The van der Waals surface area contributed by atoms with E-state index in [0.717, 1.165) is 61.5 Å². The zero-order chi connectivity index (χ0) is 29.5. The second-order valence-corrected chi connectivity index (χ2v) is 14.3. The zero-order valence-electron chi connectivity index (χ0n) is 25.4. The summed E-state index contributed by atoms with van der Waals surface area (Å²) in [6.45, 7) is 7.62. The average Bonchev–Trinajstić information content (AvgIpc) is 3.33. The normalized spacial score (nSPS) is 34.4. The molecule has 0 heterocycles. The molecule has 3 fully saturated rings. The lowest BCUT2D eigenvalue weighted by molar-refractivity contribution is -0.0596. The van der Waals surface area contributed by atoms with E-state index >= 15 is 0 Å². The number of ether oxygens (including phenoxy) is 2. The van der Waals surface area contributed by atoms with Crippen LogP contribution < -0.4 is 4.74 Å². The van der Waals surface area contributed by atoms with Gasteiger partial charge in [-0.3, -0.25) is 0 Å². The smallest absolute Gasteiger partial charge is 0.430 e. The summed E-state index contributed by atoms with van der Waals surface area (Å²) in [5.74, 6) is 1.75. The summed E-state index contributed by atoms with van der Waals surface area (Å²) in [6, 6.07) is 14.0. The Hall–Kier alpha value is -2.69. The van der Waals surface area contributed by atoms with Crippen molar-refractivity contribution >= 4 is 6.16 Å². The van der Waals surface area contributed by atoms with E-state index in [1.54, 1.807) is 0 Å². The van der Waals surface area contributed by atoms with Crippen molar-refractivity contribution in [1.82, 2.24) is 0 Å². The van der Waals surface area contributed by atoms with E-state index in [2.05, 4.69) is 57.2 Å². The van der Waals surface area contributed by atoms with E-state index in [0.29, 0.717) is 11.3 Å². The molecule has 42 heavy (non-hydrogen) atoms. The Morgan fingerprint density at radius 1 is 0.976 bits per heavy atom. The van der Waals surface area contributed by atoms with Crippen molar-refractivity contribution in [2.45, 2.75) is 97.5 Å². The van der Waals surface area contributed by atoms with Crippen LogP contribution in [0.1, 0.15) is 90.5 Å². The van der Waals surface area contributed by atoms with E-state index in [1.807, 2.05) is 0 Å². The molecule has 8 atom stereocenters. The lowest BCUT2D eigenvalue weighted by Gasteiger charge is -2.58. The molecule has 4 aliphatic rings. The standard InChI is InChI=1S/C37H46F2O3/c1-24(8-7-11-25-9-5-4-6-10-25)30-15-16-31-29-14-12-26-22-28(18-20-36(26,2)32(29)19-21-37(30,31)3)42-35(40)41-27-13-17-33(38)34(39)23-27/h4-6,9-10,12-13,17,23-24,28-32H,7-8,11,14-16,18-22H2,1-3H3/t24-,28+,29+,30-,31+,32+,36+,37-/m1/s1. The van der Waals surface area contributed by atoms with Crippen molar-refractivity contribution in [1.29, 1.82) is 0 Å². The second kappa shape index (κ2) is 11.8. The molecule has 5 heteroatoms. The number of hydrogen-bond acceptors (Lipinski definition) is 3. The van der Waals surface area contributed by atoms with Crippen LogP contribution in [-0.2, 0) is 11.2 Å². The minimum atomic E-state index is -1.05. The summed E-state index contributed by atoms with van der Waals surface area (Å²) < 4.78 is 37.5. The minimum Gasteiger partial charge on any atom is -0.430 e. The van der Waals surface area contributed by atoms with Crippen LogP contribution in [0.15, 0.2) is 60.2 Å². The largest absolute Gasteiger partial charge is 0.514 e. The van der Waals surface area contributed by atoms with Gasteiger partial charge in [-0.15, -0.1) is 0 Å². The number of fused-ring (bicyclic) bond motifs is 5. The van der Waals surface area contributed by atoms with Gasteiger partial charge in [-0.2, -0.15) is 0 Å². The SMILES string of the molecule is C[C@H](CCCc1ccccc1)[C@H]1CC[C@H]2[C@@H]3CC=C4C[C@@H](OC(=O)Oc5ccc(F)c(F)c5)CC[C@]4(C)[C@H]3CC[C@]12C. The highest BCUT2D eigenvalue weighted by atomic mass is 19.2. The first-order valence-corrected chi connectivity index (χ1v) is 16.2. The molecule has 2 aromatic carbocycles. The van der Waals surface area contributed by atoms with Crippen molar-refractivity contribution in [3.63, 3.8) is 0 Å². The van der Waals surface area contributed by atoms with Gasteiger partial charge in [0.05, 0.1) is 0 Å². The summed E-state index contributed by atoms with van der Waals surface area (Å²) in [7, 11) is 0. The molecule has 0 amide bonds. The average molecular weight is 577 g/mol. The van der Waals surface area contributed by atoms with E-state index in [9.17, 15) is 13.6 Å². The third-order valence-electron chi connectivity index (χ3n) is 12.1. The maximum absolute atomic E-state index is 13.5. The number of benzene rings is 2. The molecule has 4 aliphatic carbocycles. The van der Waals surface area contributed by atoms with Crippen LogP contribution >= 0.6 is 0 Å². The Bertz CT molecular complexity index is 1310. The van der Waals surface area contributed by atoms with Crippen LogP contribution in [0.3, 0.4) is 0 Å². The molecule has 0 unspecified atom stereocenters. The lowest BCUT2D eigenvalue weighted by atomic mass is 9.47. The molecule has 3 nitrogen and oxygen atoms in total. The van der Waals surface area contributed by atoms with Crippen molar-refractivity contribution in [3.8, 4) is 5.75 Å². The quantitative estimate of drug-likeness (QED) is 0.187. The molecule has 0 bridgehead atoms. The maximum atomic E-state index is 13.5. The lowest BCUT2D eigenvalue weighted by Crippen LogP contribution is -2.51. The van der Waals surface area contributed by atoms with Gasteiger partial charge < -0.3 is 9.47 Å². The molecule has 0 radical (unpaired) electrons. The Labute approximate surface area is 250 Å². The highest BCUT2D eigenvalue weighted by molar-refractivity contribution is 5.64. The Morgan fingerprint density at radius 3 is 2.57 bits per heavy atom. The van der Waals surface area contributed by atoms with Crippen LogP contribution in [0.5, 0.6) is 5.75 Å². The van der Waals surface area contributed by atoms with E-state index in [-0.39, 0.29) is 17.3 Å².